The van der Waals surface area contributed by atoms with Gasteiger partial charge in [-0.05, 0) is 6.92 Å². The summed E-state index contributed by atoms with van der Waals surface area (Å²) < 4.78 is 0. The topological polar surface area (TPSA) is 3.24 Å². The van der Waals surface area contributed by atoms with E-state index in [0.29, 0.717) is 0 Å². The molecule has 1 nitrogen and oxygen atoms in total. The fourth-order valence-corrected chi connectivity index (χ4v) is 0.194. The molecule has 0 fully saturated rings. The summed E-state index contributed by atoms with van der Waals surface area (Å²) in [6.07, 6.45) is 0. The molecule has 0 N–H and O–H groups in total. The summed E-state index contributed by atoms with van der Waals surface area (Å²) in [6.45, 7) is 2.97. The molecule has 0 rings (SSSR count). The summed E-state index contributed by atoms with van der Waals surface area (Å²) in [5, 5.41) is 0. The van der Waals surface area contributed by atoms with Crippen LogP contribution in [0.3, 0.4) is 0 Å². The Morgan fingerprint density at radius 1 is 1.83 bits per heavy atom. The minimum Gasteiger partial charge on any atom is -0.364 e. The van der Waals surface area contributed by atoms with Crippen LogP contribution in [0.25, 0.3) is 0 Å². The van der Waals surface area contributed by atoms with Gasteiger partial charge in [-0.3, -0.25) is 0 Å². The van der Waals surface area contributed by atoms with E-state index in [-0.39, 0.29) is 0 Å². The van der Waals surface area contributed by atoms with Crippen LogP contribution >= 0.6 is 12.2 Å². The van der Waals surface area contributed by atoms with Gasteiger partial charge in [0.2, 0.25) is 0 Å². The van der Waals surface area contributed by atoms with E-state index in [1.807, 2.05) is 18.9 Å². The smallest absolute Gasteiger partial charge is 0.136 e. The molecule has 0 aliphatic rings. The first-order valence-electron chi connectivity index (χ1n) is 1.90. The fourth-order valence-electron chi connectivity index (χ4n) is 0.0645. The maximum Gasteiger partial charge on any atom is 0.136 e. The minimum atomic E-state index is 0.948. The Hall–Kier alpha value is -0.110. The molecule has 0 spiro atoms. The van der Waals surface area contributed by atoms with Crippen molar-refractivity contribution in [1.29, 1.82) is 0 Å². The normalized spacial score (nSPS) is 7.67. The molecule has 6 heavy (non-hydrogen) atoms. The van der Waals surface area contributed by atoms with Crippen molar-refractivity contribution in [3.63, 3.8) is 0 Å². The van der Waals surface area contributed by atoms with Crippen LogP contribution in [0.2, 0.25) is 0 Å². The number of hydrogen-bond acceptors (Lipinski definition) is 1. The van der Waals surface area contributed by atoms with E-state index in [0.717, 1.165) is 6.54 Å². The third kappa shape index (κ3) is 2.15. The lowest BCUT2D eigenvalue weighted by Gasteiger charge is -2.03. The Bertz CT molecular complexity index is 44.8. The largest absolute Gasteiger partial charge is 0.364 e. The Labute approximate surface area is 44.0 Å². The first-order valence-corrected chi connectivity index (χ1v) is 2.31. The third-order valence-corrected chi connectivity index (χ3v) is 0.942. The highest BCUT2D eigenvalue weighted by Crippen LogP contribution is 1.69. The minimum absolute atomic E-state index is 0.948. The molecule has 0 unspecified atom stereocenters. The van der Waals surface area contributed by atoms with Crippen molar-refractivity contribution in [2.75, 3.05) is 13.6 Å². The van der Waals surface area contributed by atoms with Crippen LogP contribution < -0.4 is 0 Å². The zero-order valence-corrected chi connectivity index (χ0v) is 4.88. The summed E-state index contributed by atoms with van der Waals surface area (Å²) >= 11 is 4.45. The SMILES string of the molecule is CCN(C)[C]=S. The van der Waals surface area contributed by atoms with Crippen molar-refractivity contribution in [1.82, 2.24) is 4.90 Å². The van der Waals surface area contributed by atoms with E-state index in [9.17, 15) is 0 Å². The van der Waals surface area contributed by atoms with Crippen LogP contribution in [0.4, 0.5) is 0 Å². The van der Waals surface area contributed by atoms with E-state index < -0.39 is 0 Å². The molecule has 0 heterocycles. The van der Waals surface area contributed by atoms with Crippen LogP contribution in [0.1, 0.15) is 6.92 Å². The fraction of sp³-hybridized carbons (Fsp3) is 0.750. The predicted molar refractivity (Wildman–Crippen MR) is 30.9 cm³/mol. The summed E-state index contributed by atoms with van der Waals surface area (Å²) in [7, 11) is 1.90. The van der Waals surface area contributed by atoms with E-state index in [1.165, 1.54) is 0 Å². The van der Waals surface area contributed by atoms with Gasteiger partial charge >= 0.3 is 0 Å². The molecule has 0 aromatic heterocycles. The zero-order valence-electron chi connectivity index (χ0n) is 4.06. The highest BCUT2D eigenvalue weighted by Gasteiger charge is 1.77. The Morgan fingerprint density at radius 2 is 2.33 bits per heavy atom. The van der Waals surface area contributed by atoms with Crippen molar-refractivity contribution in [2.24, 2.45) is 0 Å². The van der Waals surface area contributed by atoms with Gasteiger partial charge in [0.15, 0.2) is 0 Å². The van der Waals surface area contributed by atoms with Crippen molar-refractivity contribution >= 4 is 17.7 Å². The lowest BCUT2D eigenvalue weighted by Crippen LogP contribution is -2.12. The first-order chi connectivity index (χ1) is 2.81. The van der Waals surface area contributed by atoms with Gasteiger partial charge in [0, 0.05) is 13.6 Å². The van der Waals surface area contributed by atoms with Gasteiger partial charge in [0.1, 0.15) is 5.49 Å². The molecule has 0 atom stereocenters. The van der Waals surface area contributed by atoms with Gasteiger partial charge in [0.25, 0.3) is 0 Å². The summed E-state index contributed by atoms with van der Waals surface area (Å²) in [5.74, 6) is 0. The summed E-state index contributed by atoms with van der Waals surface area (Å²) in [5.41, 5.74) is 2.53. The average Bonchev–Trinajstić information content (AvgIpc) is 1.65. The maximum atomic E-state index is 4.45. The molecule has 0 amide bonds. The zero-order chi connectivity index (χ0) is 4.99. The van der Waals surface area contributed by atoms with E-state index in [1.54, 1.807) is 0 Å². The quantitative estimate of drug-likeness (QED) is 0.374. The molecule has 1 radical (unpaired) electrons. The highest BCUT2D eigenvalue weighted by molar-refractivity contribution is 7.78. The monoisotopic (exact) mass is 102 g/mol. The van der Waals surface area contributed by atoms with Gasteiger partial charge in [-0.25, -0.2) is 0 Å². The van der Waals surface area contributed by atoms with Gasteiger partial charge in [-0.1, -0.05) is 12.2 Å². The second-order valence-electron chi connectivity index (χ2n) is 1.11. The van der Waals surface area contributed by atoms with E-state index in [4.69, 9.17) is 0 Å². The van der Waals surface area contributed by atoms with Crippen molar-refractivity contribution in [3.8, 4) is 0 Å². The Kier molecular flexibility index (Phi) is 3.04. The van der Waals surface area contributed by atoms with Gasteiger partial charge < -0.3 is 4.90 Å². The molecule has 0 aromatic rings. The molecule has 0 saturated heterocycles. The number of nitrogens with zero attached hydrogens (tertiary/aromatic N) is 1. The highest BCUT2D eigenvalue weighted by atomic mass is 32.1. The first kappa shape index (κ1) is 5.89. The summed E-state index contributed by atoms with van der Waals surface area (Å²) in [6, 6.07) is 0. The Morgan fingerprint density at radius 3 is 2.33 bits per heavy atom. The molecular weight excluding hydrogens is 94.1 g/mol. The van der Waals surface area contributed by atoms with E-state index >= 15 is 0 Å². The number of rotatable bonds is 2. The third-order valence-electron chi connectivity index (χ3n) is 0.630. The molecule has 0 aliphatic heterocycles. The summed E-state index contributed by atoms with van der Waals surface area (Å²) in [4.78, 5) is 1.81. The maximum absolute atomic E-state index is 4.45. The van der Waals surface area contributed by atoms with Gasteiger partial charge in [0.05, 0.1) is 0 Å². The molecule has 0 saturated carbocycles. The van der Waals surface area contributed by atoms with Crippen molar-refractivity contribution < 1.29 is 0 Å². The molecule has 0 bridgehead atoms. The van der Waals surface area contributed by atoms with E-state index in [2.05, 4.69) is 17.7 Å². The molecular formula is C4H8NS. The second kappa shape index (κ2) is 3.09. The van der Waals surface area contributed by atoms with Crippen LogP contribution in [0, 0.1) is 0 Å². The van der Waals surface area contributed by atoms with Gasteiger partial charge in [-0.2, -0.15) is 0 Å². The number of thiocarbonyl (C=S) groups is 1. The second-order valence-corrected chi connectivity index (χ2v) is 1.29. The van der Waals surface area contributed by atoms with Gasteiger partial charge in [-0.15, -0.1) is 0 Å². The molecule has 0 aromatic carbocycles. The molecule has 35 valence electrons. The number of hydrogen-bond donors (Lipinski definition) is 0. The average molecular weight is 102 g/mol. The predicted octanol–water partition coefficient (Wildman–Crippen LogP) is 0.772. The van der Waals surface area contributed by atoms with Crippen molar-refractivity contribution in [3.05, 3.63) is 0 Å². The molecule has 2 heteroatoms. The lowest BCUT2D eigenvalue weighted by molar-refractivity contribution is 0.560. The standard InChI is InChI=1S/C4H8NS/c1-3-5(2)4-6/h3H2,1-2H3. The molecule has 0 aliphatic carbocycles. The van der Waals surface area contributed by atoms with Crippen molar-refractivity contribution in [2.45, 2.75) is 6.92 Å². The van der Waals surface area contributed by atoms with Crippen LogP contribution in [-0.2, 0) is 0 Å². The van der Waals surface area contributed by atoms with Crippen LogP contribution in [0.5, 0.6) is 0 Å². The van der Waals surface area contributed by atoms with Crippen LogP contribution in [0.15, 0.2) is 0 Å². The van der Waals surface area contributed by atoms with Crippen LogP contribution in [-0.4, -0.2) is 24.0 Å². The lowest BCUT2D eigenvalue weighted by atomic mass is 10.7. The Balaban J connectivity index is 2.96.